The first-order chi connectivity index (χ1) is 9.30. The summed E-state index contributed by atoms with van der Waals surface area (Å²) in [4.78, 5) is 3.94. The molecule has 0 radical (unpaired) electrons. The summed E-state index contributed by atoms with van der Waals surface area (Å²) in [6, 6.07) is 8.92. The van der Waals surface area contributed by atoms with Crippen LogP contribution in [0.15, 0.2) is 36.7 Å². The molecular weight excluding hydrogens is 244 g/mol. The van der Waals surface area contributed by atoms with Crippen molar-refractivity contribution >= 4 is 0 Å². The summed E-state index contributed by atoms with van der Waals surface area (Å²) in [5.74, 6) is 1.81. The van der Waals surface area contributed by atoms with Crippen LogP contribution in [0.4, 0.5) is 0 Å². The average molecular weight is 256 g/mol. The topological polar surface area (TPSA) is 64.4 Å². The summed E-state index contributed by atoms with van der Waals surface area (Å²) >= 11 is 0. The molecule has 96 valence electrons. The molecule has 5 heteroatoms. The summed E-state index contributed by atoms with van der Waals surface area (Å²) in [6.45, 7) is 0. The van der Waals surface area contributed by atoms with Crippen molar-refractivity contribution in [3.63, 3.8) is 0 Å². The largest absolute Gasteiger partial charge is 0.493 e. The number of aromatic nitrogens is 1. The van der Waals surface area contributed by atoms with Gasteiger partial charge in [0.05, 0.1) is 26.0 Å². The van der Waals surface area contributed by atoms with E-state index in [9.17, 15) is 0 Å². The third-order valence-electron chi connectivity index (χ3n) is 2.50. The second kappa shape index (κ2) is 5.74. The minimum atomic E-state index is 0.354. The number of nitrogens with zero attached hydrogens (tertiary/aromatic N) is 2. The molecule has 5 nitrogen and oxygen atoms in total. The molecule has 1 aromatic carbocycles. The van der Waals surface area contributed by atoms with E-state index >= 15 is 0 Å². The van der Waals surface area contributed by atoms with Crippen LogP contribution in [0.1, 0.15) is 5.56 Å². The fraction of sp³-hybridized carbons (Fsp3) is 0.143. The van der Waals surface area contributed by atoms with E-state index < -0.39 is 0 Å². The first kappa shape index (κ1) is 12.7. The standard InChI is InChI=1S/C14H12N2O3/c1-17-11-4-3-5-12(18-2)14(11)19-13-9-16-7-6-10(13)8-15/h3-7,9H,1-2H3. The van der Waals surface area contributed by atoms with Crippen LogP contribution >= 0.6 is 0 Å². The lowest BCUT2D eigenvalue weighted by Crippen LogP contribution is -1.96. The van der Waals surface area contributed by atoms with Gasteiger partial charge >= 0.3 is 0 Å². The molecule has 0 saturated heterocycles. The zero-order chi connectivity index (χ0) is 13.7. The SMILES string of the molecule is COc1cccc(OC)c1Oc1cnccc1C#N. The molecule has 0 spiro atoms. The highest BCUT2D eigenvalue weighted by atomic mass is 16.5. The summed E-state index contributed by atoms with van der Waals surface area (Å²) in [5, 5.41) is 9.03. The Morgan fingerprint density at radius 3 is 2.32 bits per heavy atom. The Bertz CT molecular complexity index is 598. The first-order valence-electron chi connectivity index (χ1n) is 5.53. The van der Waals surface area contributed by atoms with Crippen LogP contribution in [0, 0.1) is 11.3 Å². The Balaban J connectivity index is 2.46. The van der Waals surface area contributed by atoms with Crippen LogP contribution in [-0.4, -0.2) is 19.2 Å². The van der Waals surface area contributed by atoms with Gasteiger partial charge in [-0.3, -0.25) is 4.98 Å². The number of methoxy groups -OCH3 is 2. The monoisotopic (exact) mass is 256 g/mol. The predicted molar refractivity (Wildman–Crippen MR) is 68.6 cm³/mol. The van der Waals surface area contributed by atoms with Crippen LogP contribution in [0.25, 0.3) is 0 Å². The fourth-order valence-corrected chi connectivity index (χ4v) is 1.58. The quantitative estimate of drug-likeness (QED) is 0.841. The highest BCUT2D eigenvalue weighted by molar-refractivity contribution is 5.54. The molecule has 1 aromatic heterocycles. The Hall–Kier alpha value is -2.74. The Morgan fingerprint density at radius 1 is 1.05 bits per heavy atom. The number of ether oxygens (including phenoxy) is 3. The van der Waals surface area contributed by atoms with Crippen LogP contribution in [0.5, 0.6) is 23.0 Å². The zero-order valence-electron chi connectivity index (χ0n) is 10.6. The molecule has 0 unspecified atom stereocenters. The van der Waals surface area contributed by atoms with E-state index in [4.69, 9.17) is 19.5 Å². The van der Waals surface area contributed by atoms with E-state index in [-0.39, 0.29) is 0 Å². The molecule has 0 fully saturated rings. The van der Waals surface area contributed by atoms with Gasteiger partial charge in [0.15, 0.2) is 17.2 Å². The number of pyridine rings is 1. The third-order valence-corrected chi connectivity index (χ3v) is 2.50. The lowest BCUT2D eigenvalue weighted by Gasteiger charge is -2.14. The van der Waals surface area contributed by atoms with Gasteiger partial charge < -0.3 is 14.2 Å². The Labute approximate surface area is 111 Å². The number of rotatable bonds is 4. The van der Waals surface area contributed by atoms with Crippen molar-refractivity contribution in [1.82, 2.24) is 4.98 Å². The van der Waals surface area contributed by atoms with Gasteiger partial charge in [-0.15, -0.1) is 0 Å². The van der Waals surface area contributed by atoms with Gasteiger partial charge in [0, 0.05) is 6.20 Å². The number of para-hydroxylation sites is 1. The highest BCUT2D eigenvalue weighted by Crippen LogP contribution is 2.40. The molecule has 0 aliphatic carbocycles. The maximum Gasteiger partial charge on any atom is 0.211 e. The normalized spacial score (nSPS) is 9.53. The Morgan fingerprint density at radius 2 is 1.74 bits per heavy atom. The van der Waals surface area contributed by atoms with Gasteiger partial charge in [-0.2, -0.15) is 5.26 Å². The zero-order valence-corrected chi connectivity index (χ0v) is 10.6. The number of nitriles is 1. The maximum atomic E-state index is 9.03. The molecule has 2 rings (SSSR count). The minimum absolute atomic E-state index is 0.354. The van der Waals surface area contributed by atoms with Gasteiger partial charge in [0.2, 0.25) is 5.75 Å². The van der Waals surface area contributed by atoms with Crippen molar-refractivity contribution < 1.29 is 14.2 Å². The van der Waals surface area contributed by atoms with E-state index in [0.717, 1.165) is 0 Å². The molecule has 0 N–H and O–H groups in total. The van der Waals surface area contributed by atoms with Gasteiger partial charge in [-0.05, 0) is 18.2 Å². The van der Waals surface area contributed by atoms with Crippen LogP contribution in [0.3, 0.4) is 0 Å². The van der Waals surface area contributed by atoms with E-state index in [1.54, 1.807) is 24.3 Å². The van der Waals surface area contributed by atoms with E-state index in [0.29, 0.717) is 28.6 Å². The summed E-state index contributed by atoms with van der Waals surface area (Å²) in [6.07, 6.45) is 3.01. The van der Waals surface area contributed by atoms with Gasteiger partial charge in [-0.1, -0.05) is 6.07 Å². The van der Waals surface area contributed by atoms with Crippen LogP contribution in [-0.2, 0) is 0 Å². The molecule has 0 aliphatic heterocycles. The van der Waals surface area contributed by atoms with Crippen LogP contribution in [0.2, 0.25) is 0 Å². The number of hydrogen-bond acceptors (Lipinski definition) is 5. The molecule has 0 atom stereocenters. The molecule has 2 aromatic rings. The number of benzene rings is 1. The predicted octanol–water partition coefficient (Wildman–Crippen LogP) is 2.76. The van der Waals surface area contributed by atoms with Gasteiger partial charge in [-0.25, -0.2) is 0 Å². The molecule has 0 bridgehead atoms. The van der Waals surface area contributed by atoms with E-state index in [1.165, 1.54) is 26.6 Å². The second-order valence-electron chi connectivity index (χ2n) is 3.58. The third kappa shape index (κ3) is 2.58. The lowest BCUT2D eigenvalue weighted by atomic mass is 10.2. The minimum Gasteiger partial charge on any atom is -0.493 e. The Kier molecular flexibility index (Phi) is 3.84. The summed E-state index contributed by atoms with van der Waals surface area (Å²) in [7, 11) is 3.08. The highest BCUT2D eigenvalue weighted by Gasteiger charge is 2.14. The summed E-state index contributed by atoms with van der Waals surface area (Å²) < 4.78 is 16.2. The lowest BCUT2D eigenvalue weighted by molar-refractivity contribution is 0.345. The van der Waals surface area contributed by atoms with Crippen molar-refractivity contribution in [2.45, 2.75) is 0 Å². The van der Waals surface area contributed by atoms with Crippen molar-refractivity contribution in [2.24, 2.45) is 0 Å². The first-order valence-corrected chi connectivity index (χ1v) is 5.53. The molecule has 0 saturated carbocycles. The van der Waals surface area contributed by atoms with Crippen molar-refractivity contribution in [3.05, 3.63) is 42.2 Å². The van der Waals surface area contributed by atoms with E-state index in [1.807, 2.05) is 6.07 Å². The molecule has 0 amide bonds. The van der Waals surface area contributed by atoms with Crippen molar-refractivity contribution in [3.8, 4) is 29.1 Å². The van der Waals surface area contributed by atoms with Gasteiger partial charge in [0.25, 0.3) is 0 Å². The van der Waals surface area contributed by atoms with Crippen molar-refractivity contribution in [1.29, 1.82) is 5.26 Å². The van der Waals surface area contributed by atoms with Crippen LogP contribution < -0.4 is 14.2 Å². The molecular formula is C14H12N2O3. The molecule has 1 heterocycles. The van der Waals surface area contributed by atoms with E-state index in [2.05, 4.69) is 4.98 Å². The number of hydrogen-bond donors (Lipinski definition) is 0. The van der Waals surface area contributed by atoms with Gasteiger partial charge in [0.1, 0.15) is 6.07 Å². The fourth-order valence-electron chi connectivity index (χ4n) is 1.58. The van der Waals surface area contributed by atoms with Crippen molar-refractivity contribution in [2.75, 3.05) is 14.2 Å². The second-order valence-corrected chi connectivity index (χ2v) is 3.58. The molecule has 0 aliphatic rings. The smallest absolute Gasteiger partial charge is 0.211 e. The molecule has 19 heavy (non-hydrogen) atoms. The average Bonchev–Trinajstić information content (AvgIpc) is 2.48. The summed E-state index contributed by atoms with van der Waals surface area (Å²) in [5.41, 5.74) is 0.392. The maximum absolute atomic E-state index is 9.03.